The molecule has 1 aliphatic heterocycles. The monoisotopic (exact) mass is 569 g/mol. The molecule has 0 saturated carbocycles. The molecule has 8 N–H and O–H groups in total. The van der Waals surface area contributed by atoms with Crippen molar-refractivity contribution in [3.63, 3.8) is 0 Å². The smallest absolute Gasteiger partial charge is 0.387 e. The lowest BCUT2D eigenvalue weighted by Gasteiger charge is -2.29. The molecule has 0 aliphatic carbocycles. The van der Waals surface area contributed by atoms with E-state index in [0.29, 0.717) is 0 Å². The minimum absolute atomic E-state index is 0.0262. The van der Waals surface area contributed by atoms with Gasteiger partial charge >= 0.3 is 29.2 Å². The van der Waals surface area contributed by atoms with Crippen LogP contribution in [0.1, 0.15) is 18.8 Å². The maximum Gasteiger partial charge on any atom is 0.490 e. The second-order valence-corrected chi connectivity index (χ2v) is 11.5. The third-order valence-electron chi connectivity index (χ3n) is 4.34. The lowest BCUT2D eigenvalue weighted by Crippen LogP contribution is -2.56. The third-order valence-corrected chi connectivity index (χ3v) is 8.36. The Morgan fingerprint density at radius 2 is 1.82 bits per heavy atom. The van der Waals surface area contributed by atoms with Gasteiger partial charge in [-0.25, -0.2) is 18.5 Å². The van der Waals surface area contributed by atoms with Crippen LogP contribution in [0, 0.1) is 18.2 Å². The first-order valence-electron chi connectivity index (χ1n) is 8.72. The first-order chi connectivity index (χ1) is 15.3. The quantitative estimate of drug-likeness (QED) is 0.142. The summed E-state index contributed by atoms with van der Waals surface area (Å²) in [6.45, 7) is 2.36. The van der Waals surface area contributed by atoms with Crippen LogP contribution in [0.25, 0.3) is 0 Å². The molecule has 0 bridgehead atoms. The summed E-state index contributed by atoms with van der Waals surface area (Å²) in [7, 11) is -17.0. The molecular formula is C13H19ClN3O14P3. The first kappa shape index (κ1) is 29.1. The van der Waals surface area contributed by atoms with Gasteiger partial charge in [-0.1, -0.05) is 5.92 Å². The predicted molar refractivity (Wildman–Crippen MR) is 111 cm³/mol. The van der Waals surface area contributed by atoms with Crippen LogP contribution in [0.2, 0.25) is 0 Å². The number of halogens is 1. The molecule has 1 aromatic heterocycles. The zero-order chi connectivity index (χ0) is 26.3. The van der Waals surface area contributed by atoms with Crippen LogP contribution < -0.4 is 17.0 Å². The fourth-order valence-corrected chi connectivity index (χ4v) is 6.46. The maximum absolute atomic E-state index is 12.4. The summed E-state index contributed by atoms with van der Waals surface area (Å²) in [5, 5.41) is 12.7. The SMILES string of the molecule is Cc1cc(=O)[nH]c(=O)n1[C@@H]1O[C@H]([C@H](C)OP(=O)(O)OP(=O)(O)OP(=O)(O)O)[C@H](O)C1(N)C#CCl. The molecule has 0 spiro atoms. The number of aromatic nitrogens is 2. The maximum atomic E-state index is 12.4. The van der Waals surface area contributed by atoms with E-state index in [-0.39, 0.29) is 5.69 Å². The molecule has 34 heavy (non-hydrogen) atoms. The van der Waals surface area contributed by atoms with Gasteiger partial charge in [-0.3, -0.25) is 18.9 Å². The topological polar surface area (TPSA) is 270 Å². The fraction of sp³-hybridized carbons (Fsp3) is 0.538. The van der Waals surface area contributed by atoms with Gasteiger partial charge in [0, 0.05) is 17.1 Å². The van der Waals surface area contributed by atoms with Gasteiger partial charge in [0.2, 0.25) is 0 Å². The van der Waals surface area contributed by atoms with E-state index >= 15 is 0 Å². The van der Waals surface area contributed by atoms with Crippen LogP contribution in [-0.4, -0.2) is 58.1 Å². The van der Waals surface area contributed by atoms with E-state index < -0.39 is 64.8 Å². The number of phosphoric ester groups is 1. The molecule has 192 valence electrons. The second kappa shape index (κ2) is 10.1. The number of rotatable bonds is 8. The number of aryl methyl sites for hydroxylation is 1. The predicted octanol–water partition coefficient (Wildman–Crippen LogP) is -1.27. The largest absolute Gasteiger partial charge is 0.490 e. The summed E-state index contributed by atoms with van der Waals surface area (Å²) in [6, 6.07) is 1.01. The van der Waals surface area contributed by atoms with Gasteiger partial charge in [0.05, 0.1) is 6.10 Å². The summed E-state index contributed by atoms with van der Waals surface area (Å²) in [4.78, 5) is 62.0. The normalized spacial score (nSPS) is 29.5. The molecule has 21 heteroatoms. The molecule has 1 aromatic rings. The van der Waals surface area contributed by atoms with Crippen molar-refractivity contribution in [2.24, 2.45) is 5.73 Å². The Labute approximate surface area is 194 Å². The molecule has 3 unspecified atom stereocenters. The fourth-order valence-electron chi connectivity index (χ4n) is 3.09. The Kier molecular flexibility index (Phi) is 8.59. The zero-order valence-corrected chi connectivity index (χ0v) is 20.5. The summed E-state index contributed by atoms with van der Waals surface area (Å²) >= 11 is 5.43. The number of aliphatic hydroxyl groups excluding tert-OH is 1. The Morgan fingerprint density at radius 3 is 2.32 bits per heavy atom. The van der Waals surface area contributed by atoms with Crippen molar-refractivity contribution in [3.8, 4) is 11.3 Å². The number of H-pyrrole nitrogens is 1. The summed E-state index contributed by atoms with van der Waals surface area (Å²) in [5.74, 6) is 2.26. The Bertz CT molecular complexity index is 1270. The van der Waals surface area contributed by atoms with Crippen molar-refractivity contribution in [1.29, 1.82) is 0 Å². The highest BCUT2D eigenvalue weighted by Gasteiger charge is 2.57. The summed E-state index contributed by atoms with van der Waals surface area (Å²) < 4.78 is 52.6. The first-order valence-corrected chi connectivity index (χ1v) is 13.6. The number of hydrogen-bond acceptors (Lipinski definition) is 11. The number of phosphoric acid groups is 3. The van der Waals surface area contributed by atoms with E-state index in [4.69, 9.17) is 31.9 Å². The van der Waals surface area contributed by atoms with E-state index in [0.717, 1.165) is 17.6 Å². The van der Waals surface area contributed by atoms with Crippen LogP contribution in [0.15, 0.2) is 15.7 Å². The van der Waals surface area contributed by atoms with Gasteiger partial charge in [0.1, 0.15) is 12.2 Å². The van der Waals surface area contributed by atoms with Crippen molar-refractivity contribution >= 4 is 35.1 Å². The molecule has 1 aliphatic rings. The van der Waals surface area contributed by atoms with Crippen LogP contribution >= 0.6 is 35.1 Å². The van der Waals surface area contributed by atoms with Gasteiger partial charge in [-0.05, 0) is 25.4 Å². The van der Waals surface area contributed by atoms with Crippen LogP contribution in [0.5, 0.6) is 0 Å². The molecule has 0 radical (unpaired) electrons. The van der Waals surface area contributed by atoms with Gasteiger partial charge in [-0.15, -0.1) is 0 Å². The molecule has 0 aromatic carbocycles. The van der Waals surface area contributed by atoms with Gasteiger partial charge < -0.3 is 35.2 Å². The van der Waals surface area contributed by atoms with E-state index in [1.807, 2.05) is 10.4 Å². The number of hydrogen-bond donors (Lipinski definition) is 7. The summed E-state index contributed by atoms with van der Waals surface area (Å²) in [5.41, 5.74) is 2.26. The standard InChI is InChI=1S/C13H19ClN3O14P3/c1-6-5-8(18)16-12(20)17(6)11-13(15,3-4-14)10(19)9(28-11)7(2)29-33(24,25)31-34(26,27)30-32(21,22)23/h5,7,9-11,19H,15H2,1-2H3,(H,24,25)(H,26,27)(H,16,18,20)(H2,21,22,23)/t7-,9+,10-,11+,13?/m0/s1. The number of nitrogens with zero attached hydrogens (tertiary/aromatic N) is 1. The molecule has 1 saturated heterocycles. The second-order valence-electron chi connectivity index (χ2n) is 6.90. The zero-order valence-electron chi connectivity index (χ0n) is 17.0. The lowest BCUT2D eigenvalue weighted by molar-refractivity contribution is -0.0760. The summed E-state index contributed by atoms with van der Waals surface area (Å²) in [6.07, 6.45) is -6.89. The number of nitrogens with two attached hydrogens (primary N) is 1. The average Bonchev–Trinajstić information content (AvgIpc) is 2.83. The van der Waals surface area contributed by atoms with Crippen LogP contribution in [-0.2, 0) is 31.6 Å². The van der Waals surface area contributed by atoms with E-state index in [1.165, 1.54) is 6.92 Å². The van der Waals surface area contributed by atoms with Gasteiger partial charge in [0.15, 0.2) is 11.8 Å². The van der Waals surface area contributed by atoms with Crippen molar-refractivity contribution in [3.05, 3.63) is 32.6 Å². The lowest BCUT2D eigenvalue weighted by atomic mass is 9.90. The molecule has 2 heterocycles. The number of aliphatic hydroxyl groups is 1. The minimum Gasteiger partial charge on any atom is -0.387 e. The molecular weight excluding hydrogens is 551 g/mol. The van der Waals surface area contributed by atoms with Crippen LogP contribution in [0.3, 0.4) is 0 Å². The average molecular weight is 570 g/mol. The van der Waals surface area contributed by atoms with Crippen molar-refractivity contribution in [2.75, 3.05) is 0 Å². The van der Waals surface area contributed by atoms with E-state index in [9.17, 15) is 38.2 Å². The molecule has 17 nitrogen and oxygen atoms in total. The van der Waals surface area contributed by atoms with E-state index in [1.54, 1.807) is 0 Å². The van der Waals surface area contributed by atoms with Gasteiger partial charge in [-0.2, -0.15) is 8.62 Å². The Morgan fingerprint density at radius 1 is 1.24 bits per heavy atom. The van der Waals surface area contributed by atoms with Crippen molar-refractivity contribution < 1.29 is 56.3 Å². The highest BCUT2D eigenvalue weighted by atomic mass is 35.5. The van der Waals surface area contributed by atoms with E-state index in [2.05, 4.69) is 19.1 Å². The number of nitrogens with one attached hydrogen (secondary N) is 1. The highest BCUT2D eigenvalue weighted by molar-refractivity contribution is 7.66. The molecule has 0 amide bonds. The Hall–Kier alpha value is -1.18. The number of ether oxygens (including phenoxy) is 1. The highest BCUT2D eigenvalue weighted by Crippen LogP contribution is 2.66. The van der Waals surface area contributed by atoms with Crippen molar-refractivity contribution in [1.82, 2.24) is 9.55 Å². The van der Waals surface area contributed by atoms with Crippen molar-refractivity contribution in [2.45, 2.75) is 43.9 Å². The number of aromatic amines is 1. The molecule has 1 fully saturated rings. The Balaban J connectivity index is 2.37. The van der Waals surface area contributed by atoms with Gasteiger partial charge in [0.25, 0.3) is 5.56 Å². The molecule has 7 atom stereocenters. The van der Waals surface area contributed by atoms with Crippen LogP contribution in [0.4, 0.5) is 0 Å². The molecule has 2 rings (SSSR count). The minimum atomic E-state index is -5.80. The third kappa shape index (κ3) is 6.73.